The van der Waals surface area contributed by atoms with E-state index in [0.717, 1.165) is 38.0 Å². The van der Waals surface area contributed by atoms with E-state index in [4.69, 9.17) is 4.74 Å². The number of carbonyl (C=O) groups is 1. The largest absolute Gasteiger partial charge is 0.483 e. The first-order valence-corrected chi connectivity index (χ1v) is 9.45. The SMILES string of the molecule is CC(=NNC(=O)COc1c(C)cc(Br)cc1C)c1ccc2ccccc2c1. The number of aryl methyl sites for hydroxylation is 2. The molecule has 0 aromatic heterocycles. The minimum Gasteiger partial charge on any atom is -0.483 e. The lowest BCUT2D eigenvalue weighted by atomic mass is 10.0. The van der Waals surface area contributed by atoms with Crippen molar-refractivity contribution < 1.29 is 9.53 Å². The minimum atomic E-state index is -0.295. The van der Waals surface area contributed by atoms with Crippen LogP contribution in [0.3, 0.4) is 0 Å². The Bertz CT molecular complexity index is 1000. The molecule has 1 amide bonds. The van der Waals surface area contributed by atoms with Gasteiger partial charge in [0.1, 0.15) is 5.75 Å². The number of amides is 1. The molecule has 0 atom stereocenters. The second-order valence-corrected chi connectivity index (χ2v) is 7.37. The topological polar surface area (TPSA) is 50.7 Å². The number of fused-ring (bicyclic) bond motifs is 1. The van der Waals surface area contributed by atoms with Crippen molar-refractivity contribution in [1.29, 1.82) is 0 Å². The van der Waals surface area contributed by atoms with E-state index in [-0.39, 0.29) is 12.5 Å². The van der Waals surface area contributed by atoms with Crippen molar-refractivity contribution in [3.63, 3.8) is 0 Å². The first-order chi connectivity index (χ1) is 12.9. The fourth-order valence-corrected chi connectivity index (χ4v) is 3.61. The lowest BCUT2D eigenvalue weighted by Gasteiger charge is -2.12. The molecule has 138 valence electrons. The van der Waals surface area contributed by atoms with Crippen LogP contribution in [0.25, 0.3) is 10.8 Å². The Morgan fingerprint density at radius 1 is 1.04 bits per heavy atom. The number of hydrogen-bond acceptors (Lipinski definition) is 3. The number of rotatable bonds is 5. The highest BCUT2D eigenvalue weighted by molar-refractivity contribution is 9.10. The Kier molecular flexibility index (Phi) is 5.91. The predicted octanol–water partition coefficient (Wildman–Crippen LogP) is 5.14. The number of halogens is 1. The summed E-state index contributed by atoms with van der Waals surface area (Å²) in [4.78, 5) is 12.1. The number of ether oxygens (including phenoxy) is 1. The number of carbonyl (C=O) groups excluding carboxylic acids is 1. The zero-order valence-corrected chi connectivity index (χ0v) is 17.1. The Morgan fingerprint density at radius 2 is 1.70 bits per heavy atom. The Labute approximate surface area is 167 Å². The average Bonchev–Trinajstić information content (AvgIpc) is 2.64. The molecule has 0 aliphatic carbocycles. The van der Waals surface area contributed by atoms with Crippen molar-refractivity contribution in [2.24, 2.45) is 5.10 Å². The summed E-state index contributed by atoms with van der Waals surface area (Å²) in [5.74, 6) is 0.431. The summed E-state index contributed by atoms with van der Waals surface area (Å²) in [6, 6.07) is 18.2. The molecule has 1 N–H and O–H groups in total. The highest BCUT2D eigenvalue weighted by Gasteiger charge is 2.09. The van der Waals surface area contributed by atoms with Crippen molar-refractivity contribution in [1.82, 2.24) is 5.43 Å². The van der Waals surface area contributed by atoms with E-state index < -0.39 is 0 Å². The van der Waals surface area contributed by atoms with Crippen LogP contribution in [-0.4, -0.2) is 18.2 Å². The maximum absolute atomic E-state index is 12.1. The van der Waals surface area contributed by atoms with Gasteiger partial charge in [0.2, 0.25) is 0 Å². The van der Waals surface area contributed by atoms with Crippen molar-refractivity contribution in [3.05, 3.63) is 75.8 Å². The van der Waals surface area contributed by atoms with E-state index in [1.165, 1.54) is 5.39 Å². The fourth-order valence-electron chi connectivity index (χ4n) is 2.92. The number of nitrogens with one attached hydrogen (secondary N) is 1. The summed E-state index contributed by atoms with van der Waals surface area (Å²) >= 11 is 3.45. The van der Waals surface area contributed by atoms with Gasteiger partial charge < -0.3 is 4.74 Å². The maximum Gasteiger partial charge on any atom is 0.277 e. The zero-order chi connectivity index (χ0) is 19.4. The molecule has 0 bridgehead atoms. The van der Waals surface area contributed by atoms with E-state index >= 15 is 0 Å². The number of benzene rings is 3. The highest BCUT2D eigenvalue weighted by atomic mass is 79.9. The first-order valence-electron chi connectivity index (χ1n) is 8.66. The van der Waals surface area contributed by atoms with Gasteiger partial charge in [0.15, 0.2) is 6.61 Å². The Hall–Kier alpha value is -2.66. The normalized spacial score (nSPS) is 11.5. The average molecular weight is 425 g/mol. The van der Waals surface area contributed by atoms with Crippen LogP contribution in [-0.2, 0) is 4.79 Å². The second kappa shape index (κ2) is 8.35. The van der Waals surface area contributed by atoms with Gasteiger partial charge in [-0.1, -0.05) is 52.3 Å². The smallest absolute Gasteiger partial charge is 0.277 e. The summed E-state index contributed by atoms with van der Waals surface area (Å²) < 4.78 is 6.67. The Balaban J connectivity index is 1.63. The molecule has 0 fully saturated rings. The molecule has 0 heterocycles. The standard InChI is InChI=1S/C22H21BrN2O2/c1-14-10-20(23)11-15(2)22(14)27-13-21(26)25-24-16(3)18-9-8-17-6-4-5-7-19(17)12-18/h4-12H,13H2,1-3H3,(H,25,26). The molecule has 0 radical (unpaired) electrons. The molecule has 4 nitrogen and oxygen atoms in total. The molecule has 0 spiro atoms. The third-order valence-electron chi connectivity index (χ3n) is 4.29. The van der Waals surface area contributed by atoms with Crippen LogP contribution >= 0.6 is 15.9 Å². The summed E-state index contributed by atoms with van der Waals surface area (Å²) in [5.41, 5.74) is 6.23. The molecule has 3 aromatic rings. The van der Waals surface area contributed by atoms with Gasteiger partial charge in [-0.15, -0.1) is 0 Å². The lowest BCUT2D eigenvalue weighted by Crippen LogP contribution is -2.26. The molecule has 0 aliphatic rings. The van der Waals surface area contributed by atoms with Crippen LogP contribution in [0.15, 0.2) is 64.2 Å². The molecule has 27 heavy (non-hydrogen) atoms. The van der Waals surface area contributed by atoms with E-state index in [9.17, 15) is 4.79 Å². The number of hydrogen-bond donors (Lipinski definition) is 1. The zero-order valence-electron chi connectivity index (χ0n) is 15.5. The van der Waals surface area contributed by atoms with Gasteiger partial charge in [-0.25, -0.2) is 5.43 Å². The molecule has 5 heteroatoms. The van der Waals surface area contributed by atoms with Gasteiger partial charge in [0, 0.05) is 4.47 Å². The molecular formula is C22H21BrN2O2. The second-order valence-electron chi connectivity index (χ2n) is 6.45. The van der Waals surface area contributed by atoms with Gasteiger partial charge >= 0.3 is 0 Å². The number of nitrogens with zero attached hydrogens (tertiary/aromatic N) is 1. The molecule has 0 saturated heterocycles. The van der Waals surface area contributed by atoms with Crippen LogP contribution in [0.4, 0.5) is 0 Å². The van der Waals surface area contributed by atoms with Crippen LogP contribution in [0.1, 0.15) is 23.6 Å². The molecule has 0 unspecified atom stereocenters. The summed E-state index contributed by atoms with van der Waals surface area (Å²) in [5, 5.41) is 6.51. The highest BCUT2D eigenvalue weighted by Crippen LogP contribution is 2.27. The van der Waals surface area contributed by atoms with Gasteiger partial charge in [0.05, 0.1) is 5.71 Å². The third kappa shape index (κ3) is 4.74. The van der Waals surface area contributed by atoms with Crippen LogP contribution in [0.5, 0.6) is 5.75 Å². The van der Waals surface area contributed by atoms with Crippen LogP contribution in [0.2, 0.25) is 0 Å². The molecular weight excluding hydrogens is 404 g/mol. The van der Waals surface area contributed by atoms with E-state index in [1.807, 2.05) is 57.2 Å². The molecule has 3 rings (SSSR count). The van der Waals surface area contributed by atoms with Gasteiger partial charge in [-0.05, 0) is 66.4 Å². The van der Waals surface area contributed by atoms with Gasteiger partial charge in [-0.3, -0.25) is 4.79 Å². The quantitative estimate of drug-likeness (QED) is 0.455. The Morgan fingerprint density at radius 3 is 2.41 bits per heavy atom. The molecule has 0 saturated carbocycles. The van der Waals surface area contributed by atoms with Crippen molar-refractivity contribution in [2.45, 2.75) is 20.8 Å². The monoisotopic (exact) mass is 424 g/mol. The first kappa shape index (κ1) is 19.1. The third-order valence-corrected chi connectivity index (χ3v) is 4.75. The summed E-state index contributed by atoms with van der Waals surface area (Å²) in [6.07, 6.45) is 0. The van der Waals surface area contributed by atoms with Crippen molar-refractivity contribution >= 4 is 38.3 Å². The lowest BCUT2D eigenvalue weighted by molar-refractivity contribution is -0.123. The van der Waals surface area contributed by atoms with Crippen LogP contribution < -0.4 is 10.2 Å². The van der Waals surface area contributed by atoms with Crippen LogP contribution in [0, 0.1) is 13.8 Å². The summed E-state index contributed by atoms with van der Waals surface area (Å²) in [6.45, 7) is 5.69. The number of hydrazone groups is 1. The van der Waals surface area contributed by atoms with Crippen molar-refractivity contribution in [3.8, 4) is 5.75 Å². The van der Waals surface area contributed by atoms with E-state index in [1.54, 1.807) is 0 Å². The minimum absolute atomic E-state index is 0.0855. The summed E-state index contributed by atoms with van der Waals surface area (Å²) in [7, 11) is 0. The predicted molar refractivity (Wildman–Crippen MR) is 113 cm³/mol. The molecule has 3 aromatic carbocycles. The van der Waals surface area contributed by atoms with Gasteiger partial charge in [0.25, 0.3) is 5.91 Å². The maximum atomic E-state index is 12.1. The van der Waals surface area contributed by atoms with E-state index in [0.29, 0.717) is 0 Å². The fraction of sp³-hybridized carbons (Fsp3) is 0.182. The molecule has 0 aliphatic heterocycles. The van der Waals surface area contributed by atoms with Gasteiger partial charge in [-0.2, -0.15) is 5.10 Å². The van der Waals surface area contributed by atoms with E-state index in [2.05, 4.69) is 44.7 Å². The van der Waals surface area contributed by atoms with Crippen molar-refractivity contribution in [2.75, 3.05) is 6.61 Å².